The van der Waals surface area contributed by atoms with Crippen molar-refractivity contribution in [1.29, 1.82) is 0 Å². The average Bonchev–Trinajstić information content (AvgIpc) is 2.58. The number of nitrogens with zero attached hydrogens (tertiary/aromatic N) is 1. The molecule has 0 unspecified atom stereocenters. The predicted octanol–water partition coefficient (Wildman–Crippen LogP) is 3.22. The molecule has 96 valence electrons. The van der Waals surface area contributed by atoms with Crippen LogP contribution in [0.4, 0.5) is 0 Å². The highest BCUT2D eigenvalue weighted by molar-refractivity contribution is 5.91. The molecule has 1 aliphatic heterocycles. The third-order valence-corrected chi connectivity index (χ3v) is 4.33. The lowest BCUT2D eigenvalue weighted by atomic mass is 9.90. The molecule has 2 heteroatoms. The number of benzene rings is 1. The van der Waals surface area contributed by atoms with Gasteiger partial charge in [0.2, 0.25) is 0 Å². The molecular weight excluding hydrogens is 220 g/mol. The Labute approximate surface area is 109 Å². The zero-order valence-electron chi connectivity index (χ0n) is 12.0. The van der Waals surface area contributed by atoms with Crippen molar-refractivity contribution >= 4 is 10.9 Å². The molecule has 2 heterocycles. The smallest absolute Gasteiger partial charge is 0.0515 e. The van der Waals surface area contributed by atoms with E-state index in [1.54, 1.807) is 0 Å². The SMILES string of the molecule is Cc1ccc(C)c2c1c1c(n2C)CC(C)(C)NC1. The number of nitrogens with one attached hydrogen (secondary N) is 1. The maximum Gasteiger partial charge on any atom is 0.0515 e. The van der Waals surface area contributed by atoms with Crippen LogP contribution in [0.5, 0.6) is 0 Å². The van der Waals surface area contributed by atoms with Gasteiger partial charge in [-0.2, -0.15) is 0 Å². The summed E-state index contributed by atoms with van der Waals surface area (Å²) in [4.78, 5) is 0. The van der Waals surface area contributed by atoms with Crippen molar-refractivity contribution in [3.05, 3.63) is 34.5 Å². The van der Waals surface area contributed by atoms with Crippen molar-refractivity contribution in [3.8, 4) is 0 Å². The highest BCUT2D eigenvalue weighted by atomic mass is 15.0. The summed E-state index contributed by atoms with van der Waals surface area (Å²) in [5.41, 5.74) is 7.41. The third-order valence-electron chi connectivity index (χ3n) is 4.33. The summed E-state index contributed by atoms with van der Waals surface area (Å²) in [6.45, 7) is 10.00. The van der Waals surface area contributed by atoms with Gasteiger partial charge < -0.3 is 9.88 Å². The van der Waals surface area contributed by atoms with Crippen molar-refractivity contribution in [2.75, 3.05) is 0 Å². The minimum Gasteiger partial charge on any atom is -0.347 e. The maximum absolute atomic E-state index is 3.65. The Morgan fingerprint density at radius 2 is 1.83 bits per heavy atom. The Morgan fingerprint density at radius 3 is 2.56 bits per heavy atom. The zero-order chi connectivity index (χ0) is 13.1. The lowest BCUT2D eigenvalue weighted by Gasteiger charge is -2.32. The summed E-state index contributed by atoms with van der Waals surface area (Å²) in [6.07, 6.45) is 1.10. The zero-order valence-corrected chi connectivity index (χ0v) is 12.0. The third kappa shape index (κ3) is 1.52. The number of hydrogen-bond donors (Lipinski definition) is 1. The number of aryl methyl sites for hydroxylation is 3. The normalized spacial score (nSPS) is 18.1. The summed E-state index contributed by atoms with van der Waals surface area (Å²) in [5.74, 6) is 0. The van der Waals surface area contributed by atoms with Crippen LogP contribution in [0.3, 0.4) is 0 Å². The quantitative estimate of drug-likeness (QED) is 0.750. The lowest BCUT2D eigenvalue weighted by molar-refractivity contribution is 0.356. The molecule has 0 saturated heterocycles. The predicted molar refractivity (Wildman–Crippen MR) is 77.0 cm³/mol. The Morgan fingerprint density at radius 1 is 1.17 bits per heavy atom. The molecule has 0 saturated carbocycles. The van der Waals surface area contributed by atoms with E-state index >= 15 is 0 Å². The molecule has 0 aliphatic carbocycles. The topological polar surface area (TPSA) is 17.0 Å². The van der Waals surface area contributed by atoms with Gasteiger partial charge in [-0.3, -0.25) is 0 Å². The molecule has 1 N–H and O–H groups in total. The fourth-order valence-corrected chi connectivity index (χ4v) is 3.32. The second-order valence-corrected chi connectivity index (χ2v) is 6.32. The Hall–Kier alpha value is -1.28. The molecule has 2 nitrogen and oxygen atoms in total. The van der Waals surface area contributed by atoms with E-state index in [2.05, 4.69) is 56.8 Å². The summed E-state index contributed by atoms with van der Waals surface area (Å²) in [6, 6.07) is 4.49. The monoisotopic (exact) mass is 242 g/mol. The number of hydrogen-bond acceptors (Lipinski definition) is 1. The summed E-state index contributed by atoms with van der Waals surface area (Å²) < 4.78 is 2.41. The van der Waals surface area contributed by atoms with Crippen LogP contribution >= 0.6 is 0 Å². The van der Waals surface area contributed by atoms with Gasteiger partial charge in [-0.15, -0.1) is 0 Å². The molecule has 1 aromatic carbocycles. The van der Waals surface area contributed by atoms with Gasteiger partial charge in [-0.05, 0) is 44.4 Å². The number of aromatic nitrogens is 1. The molecule has 0 spiro atoms. The Balaban J connectivity index is 2.38. The molecule has 18 heavy (non-hydrogen) atoms. The molecule has 0 fully saturated rings. The van der Waals surface area contributed by atoms with Crippen molar-refractivity contribution in [2.24, 2.45) is 7.05 Å². The fraction of sp³-hybridized carbons (Fsp3) is 0.500. The molecule has 1 aromatic heterocycles. The molecule has 1 aliphatic rings. The van der Waals surface area contributed by atoms with E-state index in [1.807, 2.05) is 0 Å². The van der Waals surface area contributed by atoms with Crippen LogP contribution in [-0.2, 0) is 20.0 Å². The average molecular weight is 242 g/mol. The van der Waals surface area contributed by atoms with Crippen LogP contribution in [0, 0.1) is 13.8 Å². The second kappa shape index (κ2) is 3.61. The van der Waals surface area contributed by atoms with E-state index in [0.29, 0.717) is 0 Å². The van der Waals surface area contributed by atoms with E-state index in [0.717, 1.165) is 13.0 Å². The van der Waals surface area contributed by atoms with Crippen LogP contribution in [0.15, 0.2) is 12.1 Å². The first-order valence-electron chi connectivity index (χ1n) is 6.72. The van der Waals surface area contributed by atoms with Crippen LogP contribution < -0.4 is 5.32 Å². The fourth-order valence-electron chi connectivity index (χ4n) is 3.32. The molecule has 0 radical (unpaired) electrons. The van der Waals surface area contributed by atoms with Crippen molar-refractivity contribution in [1.82, 2.24) is 9.88 Å². The van der Waals surface area contributed by atoms with Gasteiger partial charge >= 0.3 is 0 Å². The van der Waals surface area contributed by atoms with Crippen molar-refractivity contribution < 1.29 is 0 Å². The van der Waals surface area contributed by atoms with Crippen LogP contribution in [-0.4, -0.2) is 10.1 Å². The summed E-state index contributed by atoms with van der Waals surface area (Å²) in [7, 11) is 2.22. The van der Waals surface area contributed by atoms with Gasteiger partial charge in [0.15, 0.2) is 0 Å². The van der Waals surface area contributed by atoms with Crippen LogP contribution in [0.25, 0.3) is 10.9 Å². The maximum atomic E-state index is 3.65. The molecule has 2 aromatic rings. The van der Waals surface area contributed by atoms with E-state index in [1.165, 1.54) is 33.3 Å². The van der Waals surface area contributed by atoms with E-state index < -0.39 is 0 Å². The number of rotatable bonds is 0. The van der Waals surface area contributed by atoms with Crippen LogP contribution in [0.2, 0.25) is 0 Å². The number of fused-ring (bicyclic) bond motifs is 3. The first-order valence-corrected chi connectivity index (χ1v) is 6.72. The summed E-state index contributed by atoms with van der Waals surface area (Å²) in [5, 5.41) is 5.12. The first-order chi connectivity index (χ1) is 8.41. The van der Waals surface area contributed by atoms with Gasteiger partial charge in [0.05, 0.1) is 5.52 Å². The minimum atomic E-state index is 0.205. The molecule has 0 atom stereocenters. The lowest BCUT2D eigenvalue weighted by Crippen LogP contribution is -2.44. The van der Waals surface area contributed by atoms with E-state index in [4.69, 9.17) is 0 Å². The standard InChI is InChI=1S/C16H22N2/c1-10-6-7-11(2)15-14(10)12-9-17-16(3,4)8-13(12)18(15)5/h6-7,17H,8-9H2,1-5H3. The van der Waals surface area contributed by atoms with Crippen molar-refractivity contribution in [3.63, 3.8) is 0 Å². The minimum absolute atomic E-state index is 0.205. The van der Waals surface area contributed by atoms with Gasteiger partial charge in [0.1, 0.15) is 0 Å². The first kappa shape index (κ1) is 11.8. The Bertz CT molecular complexity index is 632. The van der Waals surface area contributed by atoms with Crippen LogP contribution in [0.1, 0.15) is 36.2 Å². The van der Waals surface area contributed by atoms with Gasteiger partial charge in [-0.1, -0.05) is 12.1 Å². The highest BCUT2D eigenvalue weighted by Crippen LogP contribution is 2.34. The van der Waals surface area contributed by atoms with Crippen molar-refractivity contribution in [2.45, 2.75) is 46.2 Å². The molecule has 0 bridgehead atoms. The van der Waals surface area contributed by atoms with Gasteiger partial charge in [-0.25, -0.2) is 0 Å². The molecule has 3 rings (SSSR count). The highest BCUT2D eigenvalue weighted by Gasteiger charge is 2.29. The van der Waals surface area contributed by atoms with E-state index in [9.17, 15) is 0 Å². The molecule has 0 amide bonds. The molecular formula is C16H22N2. The second-order valence-electron chi connectivity index (χ2n) is 6.32. The largest absolute Gasteiger partial charge is 0.347 e. The Kier molecular flexibility index (Phi) is 2.36. The van der Waals surface area contributed by atoms with Gasteiger partial charge in [0, 0.05) is 36.6 Å². The van der Waals surface area contributed by atoms with Gasteiger partial charge in [0.25, 0.3) is 0 Å². The van der Waals surface area contributed by atoms with E-state index in [-0.39, 0.29) is 5.54 Å². The summed E-state index contributed by atoms with van der Waals surface area (Å²) >= 11 is 0.